The molecular weight excluding hydrogens is 376 g/mol. The normalized spacial score (nSPS) is 16.4. The molecule has 0 aliphatic carbocycles. The van der Waals surface area contributed by atoms with E-state index >= 15 is 0 Å². The van der Waals surface area contributed by atoms with Gasteiger partial charge in [0.15, 0.2) is 15.8 Å². The number of benzene rings is 1. The third-order valence-corrected chi connectivity index (χ3v) is 5.91. The van der Waals surface area contributed by atoms with E-state index in [2.05, 4.69) is 20.5 Å². The molecule has 1 aliphatic heterocycles. The molecule has 2 rings (SSSR count). The Kier molecular flexibility index (Phi) is 9.57. The van der Waals surface area contributed by atoms with E-state index in [1.807, 2.05) is 0 Å². The van der Waals surface area contributed by atoms with E-state index in [-0.39, 0.29) is 0 Å². The molecule has 1 fully saturated rings. The molecule has 158 valence electrons. The highest BCUT2D eigenvalue weighted by Crippen LogP contribution is 2.15. The second kappa shape index (κ2) is 11.9. The minimum atomic E-state index is -3.17. The number of rotatable bonds is 9. The quantitative estimate of drug-likeness (QED) is 0.368. The molecule has 1 aromatic rings. The van der Waals surface area contributed by atoms with Crippen LogP contribution in [0, 0.1) is 0 Å². The fourth-order valence-corrected chi connectivity index (χ4v) is 3.84. The molecule has 0 radical (unpaired) electrons. The van der Waals surface area contributed by atoms with Gasteiger partial charge >= 0.3 is 0 Å². The van der Waals surface area contributed by atoms with E-state index < -0.39 is 9.84 Å². The van der Waals surface area contributed by atoms with Crippen molar-refractivity contribution in [2.24, 2.45) is 4.99 Å². The maximum atomic E-state index is 11.5. The Labute approximate surface area is 169 Å². The smallest absolute Gasteiger partial charge is 0.191 e. The van der Waals surface area contributed by atoms with E-state index in [0.29, 0.717) is 23.8 Å². The summed E-state index contributed by atoms with van der Waals surface area (Å²) in [5.41, 5.74) is 0. The van der Waals surface area contributed by atoms with Crippen molar-refractivity contribution in [3.05, 3.63) is 24.3 Å². The summed E-state index contributed by atoms with van der Waals surface area (Å²) in [7, 11) is -1.42. The third-order valence-electron chi connectivity index (χ3n) is 4.78. The molecule has 1 saturated heterocycles. The van der Waals surface area contributed by atoms with Gasteiger partial charge in [-0.05, 0) is 63.2 Å². The monoisotopic (exact) mass is 410 g/mol. The molecule has 0 atom stereocenters. The summed E-state index contributed by atoms with van der Waals surface area (Å²) in [5.74, 6) is 1.42. The van der Waals surface area contributed by atoms with Crippen molar-refractivity contribution in [3.63, 3.8) is 0 Å². The molecule has 0 unspecified atom stereocenters. The molecule has 7 nitrogen and oxygen atoms in total. The summed E-state index contributed by atoms with van der Waals surface area (Å²) >= 11 is 0. The van der Waals surface area contributed by atoms with E-state index in [9.17, 15) is 8.42 Å². The molecule has 8 heteroatoms. The predicted octanol–water partition coefficient (Wildman–Crippen LogP) is 1.90. The lowest BCUT2D eigenvalue weighted by Gasteiger charge is -2.20. The molecule has 1 aliphatic rings. The molecule has 0 saturated carbocycles. The zero-order valence-electron chi connectivity index (χ0n) is 17.1. The van der Waals surface area contributed by atoms with Crippen LogP contribution >= 0.6 is 0 Å². The van der Waals surface area contributed by atoms with Crippen LogP contribution in [0.4, 0.5) is 0 Å². The van der Waals surface area contributed by atoms with Gasteiger partial charge in [-0.25, -0.2) is 8.42 Å². The Balaban J connectivity index is 1.59. The van der Waals surface area contributed by atoms with Gasteiger partial charge in [-0.15, -0.1) is 0 Å². The SMILES string of the molecule is CN=C(NCCCN1CCCCCC1)NCCOc1ccc(S(C)(=O)=O)cc1. The van der Waals surface area contributed by atoms with E-state index in [1.54, 1.807) is 31.3 Å². The van der Waals surface area contributed by atoms with Crippen molar-refractivity contribution < 1.29 is 13.2 Å². The number of hydrogen-bond donors (Lipinski definition) is 2. The highest BCUT2D eigenvalue weighted by Gasteiger charge is 2.08. The summed E-state index contributed by atoms with van der Waals surface area (Å²) in [6.07, 6.45) is 7.69. The van der Waals surface area contributed by atoms with Crippen molar-refractivity contribution in [3.8, 4) is 5.75 Å². The maximum absolute atomic E-state index is 11.5. The summed E-state index contributed by atoms with van der Waals surface area (Å²) in [4.78, 5) is 7.09. The molecule has 1 heterocycles. The topological polar surface area (TPSA) is 83.0 Å². The Bertz CT molecular complexity index is 697. The van der Waals surface area contributed by atoms with Crippen LogP contribution in [0.1, 0.15) is 32.1 Å². The van der Waals surface area contributed by atoms with Crippen molar-refractivity contribution in [1.29, 1.82) is 0 Å². The average Bonchev–Trinajstić information content (AvgIpc) is 2.95. The minimum absolute atomic E-state index is 0.294. The molecule has 0 bridgehead atoms. The van der Waals surface area contributed by atoms with Crippen LogP contribution < -0.4 is 15.4 Å². The third kappa shape index (κ3) is 8.48. The van der Waals surface area contributed by atoms with Crippen LogP contribution in [-0.2, 0) is 9.84 Å². The van der Waals surface area contributed by atoms with Crippen LogP contribution in [-0.4, -0.2) is 71.9 Å². The van der Waals surface area contributed by atoms with Gasteiger partial charge in [0.05, 0.1) is 11.4 Å². The van der Waals surface area contributed by atoms with Crippen molar-refractivity contribution in [2.45, 2.75) is 37.0 Å². The minimum Gasteiger partial charge on any atom is -0.492 e. The number of hydrogen-bond acceptors (Lipinski definition) is 5. The van der Waals surface area contributed by atoms with Crippen LogP contribution in [0.2, 0.25) is 0 Å². The Hall–Kier alpha value is -1.80. The number of nitrogens with zero attached hydrogens (tertiary/aromatic N) is 2. The second-order valence-electron chi connectivity index (χ2n) is 7.13. The van der Waals surface area contributed by atoms with Gasteiger partial charge in [-0.1, -0.05) is 12.8 Å². The summed E-state index contributed by atoms with van der Waals surface area (Å²) in [6.45, 7) is 5.57. The predicted molar refractivity (Wildman–Crippen MR) is 114 cm³/mol. The first-order valence-electron chi connectivity index (χ1n) is 10.1. The van der Waals surface area contributed by atoms with Crippen molar-refractivity contribution in [1.82, 2.24) is 15.5 Å². The van der Waals surface area contributed by atoms with Gasteiger partial charge in [0.1, 0.15) is 12.4 Å². The van der Waals surface area contributed by atoms with Gasteiger partial charge in [-0.3, -0.25) is 4.99 Å². The number of nitrogens with one attached hydrogen (secondary N) is 2. The van der Waals surface area contributed by atoms with Crippen LogP contribution in [0.3, 0.4) is 0 Å². The number of aliphatic imine (C=N–C) groups is 1. The van der Waals surface area contributed by atoms with E-state index in [4.69, 9.17) is 4.74 Å². The first-order chi connectivity index (χ1) is 13.5. The highest BCUT2D eigenvalue weighted by molar-refractivity contribution is 7.90. The van der Waals surface area contributed by atoms with Gasteiger partial charge in [0, 0.05) is 19.8 Å². The fourth-order valence-electron chi connectivity index (χ4n) is 3.21. The Morgan fingerprint density at radius 2 is 1.71 bits per heavy atom. The number of likely N-dealkylation sites (tertiary alicyclic amines) is 1. The fraction of sp³-hybridized carbons (Fsp3) is 0.650. The molecule has 0 aromatic heterocycles. The first-order valence-corrected chi connectivity index (χ1v) is 12.0. The molecule has 28 heavy (non-hydrogen) atoms. The zero-order chi connectivity index (χ0) is 20.2. The zero-order valence-corrected chi connectivity index (χ0v) is 17.9. The second-order valence-corrected chi connectivity index (χ2v) is 9.14. The highest BCUT2D eigenvalue weighted by atomic mass is 32.2. The lowest BCUT2D eigenvalue weighted by atomic mass is 10.2. The van der Waals surface area contributed by atoms with Gasteiger partial charge in [-0.2, -0.15) is 0 Å². The number of sulfone groups is 1. The van der Waals surface area contributed by atoms with Crippen LogP contribution in [0.15, 0.2) is 34.2 Å². The largest absolute Gasteiger partial charge is 0.492 e. The van der Waals surface area contributed by atoms with Crippen LogP contribution in [0.5, 0.6) is 5.75 Å². The molecule has 2 N–H and O–H groups in total. The van der Waals surface area contributed by atoms with Gasteiger partial charge in [0.2, 0.25) is 0 Å². The van der Waals surface area contributed by atoms with E-state index in [1.165, 1.54) is 45.0 Å². The summed E-state index contributed by atoms with van der Waals surface area (Å²) < 4.78 is 28.5. The van der Waals surface area contributed by atoms with Crippen LogP contribution in [0.25, 0.3) is 0 Å². The van der Waals surface area contributed by atoms with Crippen molar-refractivity contribution >= 4 is 15.8 Å². The first kappa shape index (κ1) is 22.5. The standard InChI is InChI=1S/C20H34N4O3S/c1-21-20(22-12-7-16-24-14-5-3-4-6-15-24)23-13-17-27-18-8-10-19(11-9-18)28(2,25)26/h8-11H,3-7,12-17H2,1-2H3,(H2,21,22,23). The molecular formula is C20H34N4O3S. The lowest BCUT2D eigenvalue weighted by molar-refractivity contribution is 0.282. The molecule has 0 amide bonds. The average molecular weight is 411 g/mol. The van der Waals surface area contributed by atoms with Gasteiger partial charge in [0.25, 0.3) is 0 Å². The van der Waals surface area contributed by atoms with Gasteiger partial charge < -0.3 is 20.3 Å². The summed E-state index contributed by atoms with van der Waals surface area (Å²) in [6, 6.07) is 6.46. The lowest BCUT2D eigenvalue weighted by Crippen LogP contribution is -2.40. The molecule has 1 aromatic carbocycles. The summed E-state index contributed by atoms with van der Waals surface area (Å²) in [5, 5.41) is 6.57. The Morgan fingerprint density at radius 1 is 1.07 bits per heavy atom. The Morgan fingerprint density at radius 3 is 2.32 bits per heavy atom. The maximum Gasteiger partial charge on any atom is 0.191 e. The molecule has 0 spiro atoms. The van der Waals surface area contributed by atoms with E-state index in [0.717, 1.165) is 25.5 Å². The number of guanidine groups is 1. The van der Waals surface area contributed by atoms with Crippen molar-refractivity contribution in [2.75, 3.05) is 52.6 Å². The number of ether oxygens (including phenoxy) is 1.